The number of furan rings is 1. The third-order valence-electron chi connectivity index (χ3n) is 3.26. The molecule has 23 heavy (non-hydrogen) atoms. The van der Waals surface area contributed by atoms with Crippen LogP contribution in [0.1, 0.15) is 12.7 Å². The van der Waals surface area contributed by atoms with Gasteiger partial charge in [0, 0.05) is 5.56 Å². The Balaban J connectivity index is 1.89. The summed E-state index contributed by atoms with van der Waals surface area (Å²) in [6.07, 6.45) is 1.54. The van der Waals surface area contributed by atoms with Gasteiger partial charge in [0.15, 0.2) is 0 Å². The van der Waals surface area contributed by atoms with E-state index in [1.807, 2.05) is 0 Å². The Morgan fingerprint density at radius 1 is 1.13 bits per heavy atom. The molecular weight excluding hydrogens is 320 g/mol. The van der Waals surface area contributed by atoms with Gasteiger partial charge in [-0.15, -0.1) is 0 Å². The number of carbonyl (C=O) groups excluding carboxylic acids is 1. The van der Waals surface area contributed by atoms with Crippen molar-refractivity contribution in [3.8, 4) is 11.3 Å². The van der Waals surface area contributed by atoms with Crippen molar-refractivity contribution >= 4 is 27.8 Å². The van der Waals surface area contributed by atoms with E-state index < -0.39 is 16.0 Å². The van der Waals surface area contributed by atoms with Crippen LogP contribution < -0.4 is 5.14 Å². The molecule has 0 bridgehead atoms. The number of sulfonamides is 1. The Kier molecular flexibility index (Phi) is 3.63. The molecular formula is C15H12N2O5S. The van der Waals surface area contributed by atoms with Crippen molar-refractivity contribution in [1.29, 1.82) is 0 Å². The molecule has 7 nitrogen and oxygen atoms in total. The zero-order valence-electron chi connectivity index (χ0n) is 12.0. The molecule has 0 atom stereocenters. The Labute approximate surface area is 132 Å². The van der Waals surface area contributed by atoms with E-state index in [-0.39, 0.29) is 4.90 Å². The molecule has 3 rings (SSSR count). The first-order chi connectivity index (χ1) is 10.8. The number of hydrogen-bond acceptors (Lipinski definition) is 6. The molecule has 0 aliphatic carbocycles. The summed E-state index contributed by atoms with van der Waals surface area (Å²) < 4.78 is 28.1. The minimum Gasteiger partial charge on any atom is -0.457 e. The number of rotatable bonds is 3. The van der Waals surface area contributed by atoms with Gasteiger partial charge in [-0.25, -0.2) is 18.4 Å². The highest BCUT2D eigenvalue weighted by Crippen LogP contribution is 2.25. The van der Waals surface area contributed by atoms with Crippen LogP contribution in [0.3, 0.4) is 0 Å². The molecule has 0 saturated heterocycles. The monoisotopic (exact) mass is 332 g/mol. The minimum atomic E-state index is -3.73. The molecule has 1 aromatic heterocycles. The lowest BCUT2D eigenvalue weighted by atomic mass is 10.1. The Morgan fingerprint density at radius 2 is 1.83 bits per heavy atom. The van der Waals surface area contributed by atoms with Crippen LogP contribution in [0.4, 0.5) is 0 Å². The number of hydrogen-bond donors (Lipinski definition) is 1. The normalized spacial score (nSPS) is 16.5. The highest BCUT2D eigenvalue weighted by molar-refractivity contribution is 7.89. The summed E-state index contributed by atoms with van der Waals surface area (Å²) in [5, 5.41) is 8.63. The van der Waals surface area contributed by atoms with E-state index in [9.17, 15) is 13.2 Å². The highest BCUT2D eigenvalue weighted by atomic mass is 32.2. The van der Waals surface area contributed by atoms with Gasteiger partial charge in [-0.1, -0.05) is 5.16 Å². The second-order valence-corrected chi connectivity index (χ2v) is 6.45. The molecule has 2 N–H and O–H groups in total. The molecule has 118 valence electrons. The molecule has 0 saturated carbocycles. The van der Waals surface area contributed by atoms with Gasteiger partial charge in [-0.3, -0.25) is 0 Å². The largest absolute Gasteiger partial charge is 0.457 e. The molecule has 0 spiro atoms. The summed E-state index contributed by atoms with van der Waals surface area (Å²) in [6.45, 7) is 1.66. The molecule has 2 heterocycles. The van der Waals surface area contributed by atoms with Crippen molar-refractivity contribution in [2.75, 3.05) is 0 Å². The lowest BCUT2D eigenvalue weighted by Gasteiger charge is -2.00. The molecule has 0 amide bonds. The van der Waals surface area contributed by atoms with Gasteiger partial charge in [0.25, 0.3) is 0 Å². The summed E-state index contributed by atoms with van der Waals surface area (Å²) in [6, 6.07) is 9.38. The van der Waals surface area contributed by atoms with Crippen LogP contribution in [0, 0.1) is 0 Å². The predicted molar refractivity (Wildman–Crippen MR) is 82.7 cm³/mol. The second kappa shape index (κ2) is 5.49. The Morgan fingerprint density at radius 3 is 2.39 bits per heavy atom. The fourth-order valence-electron chi connectivity index (χ4n) is 2.06. The average Bonchev–Trinajstić information content (AvgIpc) is 3.09. The molecule has 1 aliphatic heterocycles. The molecule has 1 aliphatic rings. The molecule has 0 unspecified atom stereocenters. The summed E-state index contributed by atoms with van der Waals surface area (Å²) in [7, 11) is -3.73. The maximum Gasteiger partial charge on any atom is 0.367 e. The number of primary sulfonamides is 1. The van der Waals surface area contributed by atoms with E-state index in [1.165, 1.54) is 18.2 Å². The summed E-state index contributed by atoms with van der Waals surface area (Å²) in [4.78, 5) is 16.1. The van der Waals surface area contributed by atoms with Gasteiger partial charge < -0.3 is 9.25 Å². The Bertz CT molecular complexity index is 937. The van der Waals surface area contributed by atoms with Gasteiger partial charge in [-0.2, -0.15) is 0 Å². The molecule has 2 aromatic rings. The van der Waals surface area contributed by atoms with E-state index in [1.54, 1.807) is 31.2 Å². The minimum absolute atomic E-state index is 0.0238. The van der Waals surface area contributed by atoms with E-state index in [0.29, 0.717) is 28.4 Å². The Hall–Kier alpha value is -2.71. The summed E-state index contributed by atoms with van der Waals surface area (Å²) >= 11 is 0. The fraction of sp³-hybridized carbons (Fsp3) is 0.0667. The van der Waals surface area contributed by atoms with Crippen LogP contribution in [0.15, 0.2) is 56.4 Å². The first-order valence-electron chi connectivity index (χ1n) is 6.56. The predicted octanol–water partition coefficient (Wildman–Crippen LogP) is 1.91. The lowest BCUT2D eigenvalue weighted by Crippen LogP contribution is -2.11. The van der Waals surface area contributed by atoms with Crippen LogP contribution in [0.2, 0.25) is 0 Å². The number of nitrogens with two attached hydrogens (primary N) is 1. The van der Waals surface area contributed by atoms with Crippen molar-refractivity contribution in [1.82, 2.24) is 0 Å². The topological polar surface area (TPSA) is 112 Å². The van der Waals surface area contributed by atoms with Gasteiger partial charge in [-0.05, 0) is 49.4 Å². The SMILES string of the molecule is CC1=NOC(=O)/C1=C/c1ccc(-c2ccc(S(N)(=O)=O)cc2)o1. The van der Waals surface area contributed by atoms with Crippen molar-refractivity contribution in [2.45, 2.75) is 11.8 Å². The van der Waals surface area contributed by atoms with Gasteiger partial charge in [0.05, 0.1) is 16.2 Å². The number of nitrogens with zero attached hydrogens (tertiary/aromatic N) is 1. The number of oxime groups is 1. The van der Waals surface area contributed by atoms with E-state index in [4.69, 9.17) is 9.56 Å². The number of benzene rings is 1. The van der Waals surface area contributed by atoms with Crippen molar-refractivity contribution in [3.63, 3.8) is 0 Å². The average molecular weight is 332 g/mol. The molecule has 0 radical (unpaired) electrons. The van der Waals surface area contributed by atoms with E-state index >= 15 is 0 Å². The first kappa shape index (κ1) is 15.2. The highest BCUT2D eigenvalue weighted by Gasteiger charge is 2.22. The summed E-state index contributed by atoms with van der Waals surface area (Å²) in [5.74, 6) is 0.454. The van der Waals surface area contributed by atoms with Crippen molar-refractivity contribution < 1.29 is 22.5 Å². The number of carbonyl (C=O) groups is 1. The van der Waals surface area contributed by atoms with Gasteiger partial charge in [0.1, 0.15) is 11.5 Å². The van der Waals surface area contributed by atoms with Gasteiger partial charge in [0.2, 0.25) is 10.0 Å². The maximum atomic E-state index is 11.5. The molecule has 1 aromatic carbocycles. The summed E-state index contributed by atoms with van der Waals surface area (Å²) in [5.41, 5.74) is 1.49. The lowest BCUT2D eigenvalue weighted by molar-refractivity contribution is -0.136. The first-order valence-corrected chi connectivity index (χ1v) is 8.10. The molecule has 8 heteroatoms. The molecule has 0 fully saturated rings. The quantitative estimate of drug-likeness (QED) is 0.681. The van der Waals surface area contributed by atoms with Crippen LogP contribution in [0.5, 0.6) is 0 Å². The van der Waals surface area contributed by atoms with Crippen molar-refractivity contribution in [2.24, 2.45) is 10.3 Å². The third kappa shape index (κ3) is 3.08. The standard InChI is InChI=1S/C15H12N2O5S/c1-9-13(15(18)22-17-9)8-11-4-7-14(21-11)10-2-5-12(6-3-10)23(16,19)20/h2-8H,1H3,(H2,16,19,20)/b13-8+. The zero-order chi connectivity index (χ0) is 16.6. The van der Waals surface area contributed by atoms with E-state index in [2.05, 4.69) is 9.99 Å². The smallest absolute Gasteiger partial charge is 0.367 e. The van der Waals surface area contributed by atoms with Crippen LogP contribution >= 0.6 is 0 Å². The zero-order valence-corrected chi connectivity index (χ0v) is 12.8. The third-order valence-corrected chi connectivity index (χ3v) is 4.19. The van der Waals surface area contributed by atoms with Crippen molar-refractivity contribution in [3.05, 3.63) is 47.7 Å². The van der Waals surface area contributed by atoms with Crippen LogP contribution in [-0.4, -0.2) is 20.1 Å². The van der Waals surface area contributed by atoms with Gasteiger partial charge >= 0.3 is 5.97 Å². The van der Waals surface area contributed by atoms with Crippen LogP contribution in [0.25, 0.3) is 17.4 Å². The fourth-order valence-corrected chi connectivity index (χ4v) is 2.57. The van der Waals surface area contributed by atoms with Crippen LogP contribution in [-0.2, 0) is 19.7 Å². The maximum absolute atomic E-state index is 11.5. The second-order valence-electron chi connectivity index (χ2n) is 4.88. The van der Waals surface area contributed by atoms with E-state index in [0.717, 1.165) is 0 Å².